The fraction of sp³-hybridized carbons (Fsp3) is 0.238. The first-order valence-electron chi connectivity index (χ1n) is 9.82. The van der Waals surface area contributed by atoms with Crippen LogP contribution in [-0.4, -0.2) is 44.4 Å². The van der Waals surface area contributed by atoms with Crippen molar-refractivity contribution in [1.82, 2.24) is 10.2 Å². The van der Waals surface area contributed by atoms with E-state index in [9.17, 15) is 24.5 Å². The van der Waals surface area contributed by atoms with Crippen LogP contribution in [0, 0.1) is 10.1 Å². The lowest BCUT2D eigenvalue weighted by Crippen LogP contribution is -2.54. The number of nitro groups is 1. The second kappa shape index (κ2) is 10.5. The van der Waals surface area contributed by atoms with Crippen molar-refractivity contribution in [3.05, 3.63) is 56.3 Å². The van der Waals surface area contributed by atoms with Crippen LogP contribution in [0.1, 0.15) is 31.4 Å². The van der Waals surface area contributed by atoms with Crippen LogP contribution < -0.4 is 5.32 Å². The Bertz CT molecular complexity index is 1170. The van der Waals surface area contributed by atoms with E-state index in [0.29, 0.717) is 35.1 Å². The first-order chi connectivity index (χ1) is 15.7. The molecule has 0 atom stereocenters. The molecule has 33 heavy (non-hydrogen) atoms. The molecule has 0 aliphatic carbocycles. The minimum atomic E-state index is -0.879. The summed E-state index contributed by atoms with van der Waals surface area (Å²) in [5.41, 5.74) is 0.328. The van der Waals surface area contributed by atoms with E-state index in [1.807, 2.05) is 0 Å². The van der Waals surface area contributed by atoms with Crippen LogP contribution in [0.25, 0.3) is 17.4 Å². The van der Waals surface area contributed by atoms with Gasteiger partial charge in [-0.25, -0.2) is 0 Å². The van der Waals surface area contributed by atoms with E-state index >= 15 is 0 Å². The number of carbonyl (C=O) groups excluding carboxylic acids is 2. The number of carboxylic acid groups (broad SMARTS) is 1. The third-order valence-electron chi connectivity index (χ3n) is 4.80. The molecule has 172 valence electrons. The highest BCUT2D eigenvalue weighted by atomic mass is 79.9. The summed E-state index contributed by atoms with van der Waals surface area (Å²) >= 11 is 8.39. The van der Waals surface area contributed by atoms with E-state index in [0.717, 1.165) is 0 Å². The summed E-state index contributed by atoms with van der Waals surface area (Å²) in [5.74, 6) is -1.48. The highest BCUT2D eigenvalue weighted by molar-refractivity contribution is 9.10. The van der Waals surface area contributed by atoms with Gasteiger partial charge in [-0.1, -0.05) is 6.42 Å². The maximum absolute atomic E-state index is 12.9. The van der Waals surface area contributed by atoms with E-state index in [-0.39, 0.29) is 35.1 Å². The van der Waals surface area contributed by atoms with Gasteiger partial charge in [0.15, 0.2) is 5.11 Å². The fourth-order valence-electron chi connectivity index (χ4n) is 3.15. The Morgan fingerprint density at radius 1 is 1.24 bits per heavy atom. The Hall–Kier alpha value is -3.38. The molecule has 0 saturated carbocycles. The smallest absolute Gasteiger partial charge is 0.303 e. The molecule has 2 N–H and O–H groups in total. The largest absolute Gasteiger partial charge is 0.481 e. The Labute approximate surface area is 201 Å². The van der Waals surface area contributed by atoms with E-state index < -0.39 is 22.7 Å². The van der Waals surface area contributed by atoms with Gasteiger partial charge in [0.2, 0.25) is 0 Å². The predicted octanol–water partition coefficient (Wildman–Crippen LogP) is 3.89. The van der Waals surface area contributed by atoms with Gasteiger partial charge < -0.3 is 9.52 Å². The molecule has 2 amide bonds. The van der Waals surface area contributed by atoms with Gasteiger partial charge in [-0.05, 0) is 65.3 Å². The molecule has 2 heterocycles. The number of hydrogen-bond donors (Lipinski definition) is 2. The van der Waals surface area contributed by atoms with Gasteiger partial charge >= 0.3 is 5.97 Å². The number of benzene rings is 1. The Morgan fingerprint density at radius 2 is 2.00 bits per heavy atom. The summed E-state index contributed by atoms with van der Waals surface area (Å²) in [7, 11) is 0. The molecule has 1 aliphatic rings. The molecule has 0 unspecified atom stereocenters. The topological polar surface area (TPSA) is 143 Å². The predicted molar refractivity (Wildman–Crippen MR) is 125 cm³/mol. The summed E-state index contributed by atoms with van der Waals surface area (Å²) in [6.45, 7) is 0.244. The summed E-state index contributed by atoms with van der Waals surface area (Å²) < 4.78 is 6.19. The minimum Gasteiger partial charge on any atom is -0.481 e. The fourth-order valence-corrected chi connectivity index (χ4v) is 3.98. The van der Waals surface area contributed by atoms with Gasteiger partial charge in [0, 0.05) is 35.1 Å². The average Bonchev–Trinajstić information content (AvgIpc) is 3.21. The maximum Gasteiger partial charge on any atom is 0.303 e. The first kappa shape index (κ1) is 24.3. The van der Waals surface area contributed by atoms with Crippen molar-refractivity contribution in [3.8, 4) is 11.3 Å². The molecule has 10 nitrogen and oxygen atoms in total. The first-order valence-corrected chi connectivity index (χ1v) is 11.0. The lowest BCUT2D eigenvalue weighted by Gasteiger charge is -2.28. The van der Waals surface area contributed by atoms with Crippen LogP contribution in [0.3, 0.4) is 0 Å². The summed E-state index contributed by atoms with van der Waals surface area (Å²) in [6, 6.07) is 7.41. The number of nitro benzene ring substituents is 1. The van der Waals surface area contributed by atoms with E-state index in [1.165, 1.54) is 29.2 Å². The molecular formula is C21H18BrN3O7S. The zero-order valence-corrected chi connectivity index (χ0v) is 19.5. The number of unbranched alkanes of at least 4 members (excludes halogenated alkanes) is 2. The normalized spacial score (nSPS) is 15.1. The molecule has 0 radical (unpaired) electrons. The molecule has 2 aromatic rings. The lowest BCUT2D eigenvalue weighted by molar-refractivity contribution is -0.384. The molecule has 3 rings (SSSR count). The third kappa shape index (κ3) is 5.90. The summed E-state index contributed by atoms with van der Waals surface area (Å²) in [4.78, 5) is 47.5. The van der Waals surface area contributed by atoms with Gasteiger partial charge in [0.05, 0.1) is 4.92 Å². The number of halogens is 1. The highest BCUT2D eigenvalue weighted by Gasteiger charge is 2.33. The van der Waals surface area contributed by atoms with E-state index in [2.05, 4.69) is 21.2 Å². The molecule has 1 saturated heterocycles. The van der Waals surface area contributed by atoms with Crippen LogP contribution in [0.4, 0.5) is 5.69 Å². The number of amides is 2. The number of aliphatic carboxylic acids is 1. The number of furan rings is 1. The van der Waals surface area contributed by atoms with Crippen LogP contribution in [0.15, 0.2) is 44.8 Å². The van der Waals surface area contributed by atoms with Crippen molar-refractivity contribution in [3.63, 3.8) is 0 Å². The quantitative estimate of drug-likeness (QED) is 0.123. The van der Waals surface area contributed by atoms with Crippen LogP contribution >= 0.6 is 28.1 Å². The number of nitrogens with zero attached hydrogens (tertiary/aromatic N) is 2. The van der Waals surface area contributed by atoms with Gasteiger partial charge in [-0.2, -0.15) is 0 Å². The number of thiocarbonyl (C=S) groups is 1. The Kier molecular flexibility index (Phi) is 7.71. The molecular weight excluding hydrogens is 518 g/mol. The SMILES string of the molecule is O=C(O)CCCCCN1C(=O)/C(=C/c2ccc(-c3ccc([N+](=O)[O-])cc3Br)o2)C(=O)NC1=S. The molecule has 1 aliphatic heterocycles. The highest BCUT2D eigenvalue weighted by Crippen LogP contribution is 2.33. The molecule has 0 bridgehead atoms. The monoisotopic (exact) mass is 535 g/mol. The molecule has 0 spiro atoms. The van der Waals surface area contributed by atoms with Crippen molar-refractivity contribution >= 4 is 62.8 Å². The van der Waals surface area contributed by atoms with Crippen molar-refractivity contribution in [2.24, 2.45) is 0 Å². The van der Waals surface area contributed by atoms with Crippen molar-refractivity contribution in [2.75, 3.05) is 6.54 Å². The van der Waals surface area contributed by atoms with Crippen LogP contribution in [0.5, 0.6) is 0 Å². The molecule has 1 fully saturated rings. The standard InChI is InChI=1S/C21H18BrN3O7S/c22-16-10-12(25(30)31)5-7-14(16)17-8-6-13(32-17)11-15-19(28)23-21(33)24(20(15)29)9-3-1-2-4-18(26)27/h5-8,10-11H,1-4,9H2,(H,26,27)(H,23,28,33)/b15-11+. The number of carbonyl (C=O) groups is 3. The zero-order chi connectivity index (χ0) is 24.1. The average molecular weight is 536 g/mol. The number of hydrogen-bond acceptors (Lipinski definition) is 7. The summed E-state index contributed by atoms with van der Waals surface area (Å²) in [5, 5.41) is 22.1. The van der Waals surface area contributed by atoms with Gasteiger partial charge in [0.25, 0.3) is 17.5 Å². The second-order valence-electron chi connectivity index (χ2n) is 7.10. The molecule has 1 aromatic heterocycles. The second-order valence-corrected chi connectivity index (χ2v) is 8.34. The van der Waals surface area contributed by atoms with Crippen LogP contribution in [-0.2, 0) is 14.4 Å². The number of rotatable bonds is 9. The van der Waals surface area contributed by atoms with E-state index in [4.69, 9.17) is 21.7 Å². The molecule has 1 aromatic carbocycles. The van der Waals surface area contributed by atoms with Crippen molar-refractivity contribution in [2.45, 2.75) is 25.7 Å². The third-order valence-corrected chi connectivity index (χ3v) is 5.78. The number of nitrogens with one attached hydrogen (secondary N) is 1. The van der Waals surface area contributed by atoms with Crippen LogP contribution in [0.2, 0.25) is 0 Å². The van der Waals surface area contributed by atoms with Gasteiger partial charge in [-0.3, -0.25) is 34.7 Å². The lowest BCUT2D eigenvalue weighted by atomic mass is 10.1. The van der Waals surface area contributed by atoms with Crippen molar-refractivity contribution < 1.29 is 28.8 Å². The number of carboxylic acids is 1. The Morgan fingerprint density at radius 3 is 2.67 bits per heavy atom. The van der Waals surface area contributed by atoms with Gasteiger partial charge in [-0.15, -0.1) is 0 Å². The Balaban J connectivity index is 1.75. The minimum absolute atomic E-state index is 0.00433. The van der Waals surface area contributed by atoms with Crippen molar-refractivity contribution in [1.29, 1.82) is 0 Å². The number of non-ortho nitro benzene ring substituents is 1. The van der Waals surface area contributed by atoms with Gasteiger partial charge in [0.1, 0.15) is 17.1 Å². The zero-order valence-electron chi connectivity index (χ0n) is 17.1. The maximum atomic E-state index is 12.9. The summed E-state index contributed by atoms with van der Waals surface area (Å²) in [6.07, 6.45) is 2.96. The molecule has 12 heteroatoms. The van der Waals surface area contributed by atoms with E-state index in [1.54, 1.807) is 12.1 Å².